The Morgan fingerprint density at radius 2 is 2.16 bits per heavy atom. The molecule has 1 aromatic heterocycles. The van der Waals surface area contributed by atoms with Gasteiger partial charge in [0.1, 0.15) is 11.5 Å². The predicted molar refractivity (Wildman–Crippen MR) is 91.6 cm³/mol. The second-order valence-electron chi connectivity index (χ2n) is 6.60. The minimum absolute atomic E-state index is 0.0223. The van der Waals surface area contributed by atoms with E-state index in [2.05, 4.69) is 10.2 Å². The fourth-order valence-corrected chi connectivity index (χ4v) is 3.01. The highest BCUT2D eigenvalue weighted by Gasteiger charge is 2.31. The lowest BCUT2D eigenvalue weighted by molar-refractivity contribution is -0.122. The van der Waals surface area contributed by atoms with Gasteiger partial charge in [-0.1, -0.05) is 0 Å². The molecule has 1 aliphatic heterocycles. The molecule has 1 aliphatic carbocycles. The monoisotopic (exact) mass is 340 g/mol. The molecule has 0 saturated heterocycles. The number of benzene rings is 1. The molecule has 1 amide bonds. The van der Waals surface area contributed by atoms with Gasteiger partial charge in [-0.15, -0.1) is 0 Å². The third-order valence-electron chi connectivity index (χ3n) is 4.58. The van der Waals surface area contributed by atoms with Crippen LogP contribution in [0.15, 0.2) is 41.0 Å². The van der Waals surface area contributed by atoms with E-state index < -0.39 is 6.10 Å². The number of amides is 1. The fourth-order valence-electron chi connectivity index (χ4n) is 3.01. The molecule has 1 saturated carbocycles. The number of carbonyl (C=O) groups excluding carboxylic acids is 2. The average Bonchev–Trinajstić information content (AvgIpc) is 3.32. The zero-order chi connectivity index (χ0) is 17.4. The topological polar surface area (TPSA) is 71.8 Å². The first-order valence-electron chi connectivity index (χ1n) is 8.51. The number of hydrogen-bond donors (Lipinski definition) is 1. The van der Waals surface area contributed by atoms with E-state index in [1.807, 2.05) is 12.1 Å². The van der Waals surface area contributed by atoms with Crippen LogP contribution in [0.1, 0.15) is 35.9 Å². The van der Waals surface area contributed by atoms with Crippen LogP contribution < -0.4 is 10.1 Å². The van der Waals surface area contributed by atoms with Gasteiger partial charge in [0, 0.05) is 11.6 Å². The normalized spacial score (nSPS) is 19.3. The molecule has 130 valence electrons. The summed E-state index contributed by atoms with van der Waals surface area (Å²) in [7, 11) is 0. The molecule has 4 rings (SSSR count). The summed E-state index contributed by atoms with van der Waals surface area (Å²) in [5.74, 6) is 1.28. The van der Waals surface area contributed by atoms with E-state index in [0.29, 0.717) is 36.1 Å². The third kappa shape index (κ3) is 3.44. The van der Waals surface area contributed by atoms with E-state index in [1.165, 1.54) is 0 Å². The second-order valence-corrected chi connectivity index (χ2v) is 6.60. The number of nitrogens with zero attached hydrogens (tertiary/aromatic N) is 1. The Morgan fingerprint density at radius 3 is 2.88 bits per heavy atom. The lowest BCUT2D eigenvalue weighted by Crippen LogP contribution is -2.34. The number of ether oxygens (including phenoxy) is 1. The van der Waals surface area contributed by atoms with E-state index >= 15 is 0 Å². The number of anilines is 1. The maximum atomic E-state index is 12.7. The highest BCUT2D eigenvalue weighted by atomic mass is 16.5. The number of carbonyl (C=O) groups is 2. The van der Waals surface area contributed by atoms with Crippen molar-refractivity contribution < 1.29 is 18.7 Å². The number of Topliss-reactive ketones (excluding diaryl/α,β-unsaturated/α-hetero) is 1. The number of rotatable bonds is 6. The first kappa shape index (κ1) is 15.9. The third-order valence-corrected chi connectivity index (χ3v) is 4.58. The SMILES string of the molecule is CC1Oc2ccc(C(=O)CN(Cc3ccco3)C3CC3)cc2NC1=O. The molecule has 1 N–H and O–H groups in total. The zero-order valence-electron chi connectivity index (χ0n) is 14.0. The molecule has 1 aromatic carbocycles. The van der Waals surface area contributed by atoms with Crippen molar-refractivity contribution >= 4 is 17.4 Å². The maximum absolute atomic E-state index is 12.7. The summed E-state index contributed by atoms with van der Waals surface area (Å²) in [6.07, 6.45) is 3.35. The number of furan rings is 1. The summed E-state index contributed by atoms with van der Waals surface area (Å²) in [5.41, 5.74) is 1.13. The largest absolute Gasteiger partial charge is 0.479 e. The minimum Gasteiger partial charge on any atom is -0.479 e. The van der Waals surface area contributed by atoms with Crippen molar-refractivity contribution in [2.45, 2.75) is 38.5 Å². The van der Waals surface area contributed by atoms with Crippen molar-refractivity contribution in [2.75, 3.05) is 11.9 Å². The molecule has 0 spiro atoms. The number of hydrogen-bond acceptors (Lipinski definition) is 5. The molecule has 6 nitrogen and oxygen atoms in total. The van der Waals surface area contributed by atoms with Gasteiger partial charge >= 0.3 is 0 Å². The minimum atomic E-state index is -0.521. The summed E-state index contributed by atoms with van der Waals surface area (Å²) in [6.45, 7) is 2.65. The molecule has 1 atom stereocenters. The highest BCUT2D eigenvalue weighted by Crippen LogP contribution is 2.32. The quantitative estimate of drug-likeness (QED) is 0.819. The Morgan fingerprint density at radius 1 is 1.32 bits per heavy atom. The number of fused-ring (bicyclic) bond motifs is 1. The first-order chi connectivity index (χ1) is 12.1. The van der Waals surface area contributed by atoms with Crippen LogP contribution in [0.4, 0.5) is 5.69 Å². The van der Waals surface area contributed by atoms with Gasteiger partial charge in [-0.05, 0) is 50.1 Å². The van der Waals surface area contributed by atoms with Gasteiger partial charge in [0.25, 0.3) is 5.91 Å². The summed E-state index contributed by atoms with van der Waals surface area (Å²) >= 11 is 0. The summed E-state index contributed by atoms with van der Waals surface area (Å²) in [6, 6.07) is 9.41. The number of nitrogens with one attached hydrogen (secondary N) is 1. The van der Waals surface area contributed by atoms with Crippen molar-refractivity contribution in [1.29, 1.82) is 0 Å². The standard InChI is InChI=1S/C19H20N2O4/c1-12-19(23)20-16-9-13(4-7-18(16)25-12)17(22)11-21(14-5-6-14)10-15-3-2-8-24-15/h2-4,7-9,12,14H,5-6,10-11H2,1H3,(H,20,23). The Balaban J connectivity index is 1.48. The van der Waals surface area contributed by atoms with Gasteiger partial charge < -0.3 is 14.5 Å². The summed E-state index contributed by atoms with van der Waals surface area (Å²) < 4.78 is 10.9. The van der Waals surface area contributed by atoms with Crippen LogP contribution in [0.2, 0.25) is 0 Å². The van der Waals surface area contributed by atoms with E-state index in [0.717, 1.165) is 18.6 Å². The Kier molecular flexibility index (Phi) is 4.05. The highest BCUT2D eigenvalue weighted by molar-refractivity contribution is 6.02. The van der Waals surface area contributed by atoms with Crippen molar-refractivity contribution in [3.8, 4) is 5.75 Å². The molecule has 2 aromatic rings. The average molecular weight is 340 g/mol. The number of ketones is 1. The second kappa shape index (κ2) is 6.37. The van der Waals surface area contributed by atoms with Crippen LogP contribution in [0, 0.1) is 0 Å². The van der Waals surface area contributed by atoms with Crippen LogP contribution >= 0.6 is 0 Å². The van der Waals surface area contributed by atoms with E-state index in [9.17, 15) is 9.59 Å². The molecule has 6 heteroatoms. The van der Waals surface area contributed by atoms with Crippen molar-refractivity contribution in [3.63, 3.8) is 0 Å². The summed E-state index contributed by atoms with van der Waals surface area (Å²) in [4.78, 5) is 26.6. The molecule has 2 heterocycles. The van der Waals surface area contributed by atoms with Crippen LogP contribution in [0.25, 0.3) is 0 Å². The molecular formula is C19H20N2O4. The molecule has 1 unspecified atom stereocenters. The van der Waals surface area contributed by atoms with Gasteiger partial charge in [0.2, 0.25) is 0 Å². The predicted octanol–water partition coefficient (Wildman–Crippen LogP) is 2.85. The van der Waals surface area contributed by atoms with Gasteiger partial charge in [0.05, 0.1) is 25.0 Å². The Labute approximate surface area is 145 Å². The lowest BCUT2D eigenvalue weighted by atomic mass is 10.1. The van der Waals surface area contributed by atoms with Crippen molar-refractivity contribution in [2.24, 2.45) is 0 Å². The maximum Gasteiger partial charge on any atom is 0.265 e. The molecule has 0 radical (unpaired) electrons. The van der Waals surface area contributed by atoms with Gasteiger partial charge in [0.15, 0.2) is 11.9 Å². The summed E-state index contributed by atoms with van der Waals surface area (Å²) in [5, 5.41) is 2.78. The molecule has 2 aliphatic rings. The Bertz CT molecular complexity index is 796. The molecular weight excluding hydrogens is 320 g/mol. The lowest BCUT2D eigenvalue weighted by Gasteiger charge is -2.24. The van der Waals surface area contributed by atoms with Crippen LogP contribution in [-0.4, -0.2) is 35.3 Å². The smallest absolute Gasteiger partial charge is 0.265 e. The van der Waals surface area contributed by atoms with Gasteiger partial charge in [-0.2, -0.15) is 0 Å². The van der Waals surface area contributed by atoms with Crippen LogP contribution in [-0.2, 0) is 11.3 Å². The van der Waals surface area contributed by atoms with Gasteiger partial charge in [-0.25, -0.2) is 0 Å². The fraction of sp³-hybridized carbons (Fsp3) is 0.368. The van der Waals surface area contributed by atoms with E-state index in [1.54, 1.807) is 31.4 Å². The molecule has 25 heavy (non-hydrogen) atoms. The van der Waals surface area contributed by atoms with Crippen LogP contribution in [0.5, 0.6) is 5.75 Å². The molecule has 0 bridgehead atoms. The van der Waals surface area contributed by atoms with Gasteiger partial charge in [-0.3, -0.25) is 14.5 Å². The Hall–Kier alpha value is -2.60. The van der Waals surface area contributed by atoms with Crippen LogP contribution in [0.3, 0.4) is 0 Å². The van der Waals surface area contributed by atoms with E-state index in [4.69, 9.17) is 9.15 Å². The first-order valence-corrected chi connectivity index (χ1v) is 8.51. The zero-order valence-corrected chi connectivity index (χ0v) is 14.0. The van der Waals surface area contributed by atoms with Crippen molar-refractivity contribution in [3.05, 3.63) is 47.9 Å². The molecule has 1 fully saturated rings. The van der Waals surface area contributed by atoms with Crippen molar-refractivity contribution in [1.82, 2.24) is 4.90 Å². The van der Waals surface area contributed by atoms with E-state index in [-0.39, 0.29) is 11.7 Å².